The lowest BCUT2D eigenvalue weighted by atomic mass is 10.0. The molecule has 5 nitrogen and oxygen atoms in total. The second-order valence-corrected chi connectivity index (χ2v) is 5.69. The van der Waals surface area contributed by atoms with Crippen LogP contribution in [-0.4, -0.2) is 11.8 Å². The molecule has 2 amide bonds. The second kappa shape index (κ2) is 6.13. The molecule has 3 rings (SSSR count). The average Bonchev–Trinajstić information content (AvgIpc) is 3.39. The van der Waals surface area contributed by atoms with Gasteiger partial charge in [0.05, 0.1) is 11.6 Å². The Morgan fingerprint density at radius 2 is 1.38 bits per heavy atom. The fraction of sp³-hybridized carbons (Fsp3) is 0.167. The number of hydrogen-bond acceptors (Lipinski definition) is 3. The molecule has 1 aliphatic rings. The molecule has 2 N–H and O–H groups in total. The van der Waals surface area contributed by atoms with Gasteiger partial charge < -0.3 is 10.6 Å². The van der Waals surface area contributed by atoms with Crippen LogP contribution in [0, 0.1) is 22.6 Å². The Hall–Kier alpha value is -3.20. The van der Waals surface area contributed by atoms with Crippen LogP contribution < -0.4 is 10.6 Å². The van der Waals surface area contributed by atoms with Crippen molar-refractivity contribution in [2.24, 2.45) is 5.41 Å². The van der Waals surface area contributed by atoms with Gasteiger partial charge in [0.2, 0.25) is 11.8 Å². The monoisotopic (exact) mass is 323 g/mol. The summed E-state index contributed by atoms with van der Waals surface area (Å²) in [5.41, 5.74) is 0.365. The number of benzene rings is 2. The standard InChI is InChI=1S/C18H14FN3O2/c19-13-3-7-15(8-4-13)22-17(24)18(9-10-18)16(23)21-14-5-1-12(11-20)2-6-14/h1-8H,9-10H2,(H,21,23)(H,22,24). The van der Waals surface area contributed by atoms with E-state index in [1.807, 2.05) is 6.07 Å². The molecule has 0 atom stereocenters. The van der Waals surface area contributed by atoms with Gasteiger partial charge in [0.15, 0.2) is 0 Å². The summed E-state index contributed by atoms with van der Waals surface area (Å²) in [4.78, 5) is 24.8. The molecule has 0 heterocycles. The Kier molecular flexibility index (Phi) is 4.00. The Labute approximate surface area is 138 Å². The highest BCUT2D eigenvalue weighted by Gasteiger charge is 2.56. The predicted molar refractivity (Wildman–Crippen MR) is 86.5 cm³/mol. The molecule has 0 saturated heterocycles. The van der Waals surface area contributed by atoms with Crippen molar-refractivity contribution in [3.8, 4) is 6.07 Å². The van der Waals surface area contributed by atoms with Crippen LogP contribution in [0.15, 0.2) is 48.5 Å². The molecule has 1 fully saturated rings. The molecule has 120 valence electrons. The third-order valence-corrected chi connectivity index (χ3v) is 3.99. The number of nitrogens with zero attached hydrogens (tertiary/aromatic N) is 1. The van der Waals surface area contributed by atoms with E-state index in [4.69, 9.17) is 5.26 Å². The van der Waals surface area contributed by atoms with Crippen LogP contribution in [0.2, 0.25) is 0 Å². The molecule has 6 heteroatoms. The van der Waals surface area contributed by atoms with Crippen molar-refractivity contribution in [1.82, 2.24) is 0 Å². The van der Waals surface area contributed by atoms with E-state index in [0.717, 1.165) is 0 Å². The number of halogens is 1. The van der Waals surface area contributed by atoms with E-state index >= 15 is 0 Å². The van der Waals surface area contributed by atoms with E-state index in [-0.39, 0.29) is 5.91 Å². The summed E-state index contributed by atoms with van der Waals surface area (Å²) < 4.78 is 12.9. The van der Waals surface area contributed by atoms with Crippen LogP contribution >= 0.6 is 0 Å². The zero-order chi connectivity index (χ0) is 17.2. The van der Waals surface area contributed by atoms with Gasteiger partial charge in [-0.15, -0.1) is 0 Å². The molecule has 1 saturated carbocycles. The van der Waals surface area contributed by atoms with Crippen molar-refractivity contribution < 1.29 is 14.0 Å². The summed E-state index contributed by atoms with van der Waals surface area (Å²) >= 11 is 0. The van der Waals surface area contributed by atoms with Gasteiger partial charge in [-0.3, -0.25) is 9.59 Å². The van der Waals surface area contributed by atoms with Gasteiger partial charge in [-0.2, -0.15) is 5.26 Å². The van der Waals surface area contributed by atoms with Crippen LogP contribution in [0.1, 0.15) is 18.4 Å². The number of anilines is 2. The van der Waals surface area contributed by atoms with E-state index in [9.17, 15) is 14.0 Å². The van der Waals surface area contributed by atoms with Crippen LogP contribution in [0.25, 0.3) is 0 Å². The minimum absolute atomic E-state index is 0.383. The molecule has 0 radical (unpaired) electrons. The summed E-state index contributed by atoms with van der Waals surface area (Å²) in [6, 6.07) is 13.8. The molecule has 0 aliphatic heterocycles. The number of nitriles is 1. The fourth-order valence-corrected chi connectivity index (χ4v) is 2.35. The second-order valence-electron chi connectivity index (χ2n) is 5.69. The van der Waals surface area contributed by atoms with E-state index in [2.05, 4.69) is 10.6 Å². The van der Waals surface area contributed by atoms with Crippen LogP contribution in [0.4, 0.5) is 15.8 Å². The summed E-state index contributed by atoms with van der Waals surface area (Å²) in [6.07, 6.45) is 0.921. The summed E-state index contributed by atoms with van der Waals surface area (Å²) in [5.74, 6) is -1.18. The lowest BCUT2D eigenvalue weighted by Gasteiger charge is -2.15. The maximum Gasteiger partial charge on any atom is 0.240 e. The third-order valence-electron chi connectivity index (χ3n) is 3.99. The highest BCUT2D eigenvalue weighted by molar-refractivity contribution is 6.16. The van der Waals surface area contributed by atoms with E-state index in [1.165, 1.54) is 24.3 Å². The van der Waals surface area contributed by atoms with Gasteiger partial charge in [-0.05, 0) is 61.4 Å². The summed E-state index contributed by atoms with van der Waals surface area (Å²) in [7, 11) is 0. The quantitative estimate of drug-likeness (QED) is 0.848. The predicted octanol–water partition coefficient (Wildman–Crippen LogP) is 3.05. The van der Waals surface area contributed by atoms with Gasteiger partial charge >= 0.3 is 0 Å². The maximum atomic E-state index is 12.9. The molecule has 2 aromatic rings. The largest absolute Gasteiger partial charge is 0.325 e. The van der Waals surface area contributed by atoms with Crippen LogP contribution in [0.5, 0.6) is 0 Å². The Morgan fingerprint density at radius 3 is 1.79 bits per heavy atom. The van der Waals surface area contributed by atoms with Gasteiger partial charge in [0, 0.05) is 11.4 Å². The topological polar surface area (TPSA) is 82.0 Å². The minimum atomic E-state index is -1.09. The normalized spacial score (nSPS) is 14.3. The molecule has 0 unspecified atom stereocenters. The first-order valence-corrected chi connectivity index (χ1v) is 7.42. The maximum absolute atomic E-state index is 12.9. The molecular weight excluding hydrogens is 309 g/mol. The van der Waals surface area contributed by atoms with Gasteiger partial charge in [0.25, 0.3) is 0 Å². The van der Waals surface area contributed by atoms with E-state index in [1.54, 1.807) is 24.3 Å². The third kappa shape index (κ3) is 3.10. The molecule has 1 aliphatic carbocycles. The number of amides is 2. The SMILES string of the molecule is N#Cc1ccc(NC(=O)C2(C(=O)Nc3ccc(F)cc3)CC2)cc1. The lowest BCUT2D eigenvalue weighted by Crippen LogP contribution is -2.35. The van der Waals surface area contributed by atoms with E-state index in [0.29, 0.717) is 29.8 Å². The molecule has 0 spiro atoms. The Bertz CT molecular complexity index is 819. The van der Waals surface area contributed by atoms with Crippen molar-refractivity contribution in [1.29, 1.82) is 5.26 Å². The minimum Gasteiger partial charge on any atom is -0.325 e. The summed E-state index contributed by atoms with van der Waals surface area (Å²) in [6.45, 7) is 0. The number of carbonyl (C=O) groups is 2. The summed E-state index contributed by atoms with van der Waals surface area (Å²) in [5, 5.41) is 14.1. The molecule has 0 aromatic heterocycles. The Balaban J connectivity index is 1.68. The molecule has 0 bridgehead atoms. The number of rotatable bonds is 4. The highest BCUT2D eigenvalue weighted by Crippen LogP contribution is 2.47. The number of hydrogen-bond donors (Lipinski definition) is 2. The lowest BCUT2D eigenvalue weighted by molar-refractivity contribution is -0.131. The fourth-order valence-electron chi connectivity index (χ4n) is 2.35. The highest BCUT2D eigenvalue weighted by atomic mass is 19.1. The van der Waals surface area contributed by atoms with Crippen molar-refractivity contribution >= 4 is 23.2 Å². The van der Waals surface area contributed by atoms with Gasteiger partial charge in [-0.1, -0.05) is 0 Å². The number of carbonyl (C=O) groups excluding carboxylic acids is 2. The molecule has 2 aromatic carbocycles. The van der Waals surface area contributed by atoms with Gasteiger partial charge in [0.1, 0.15) is 11.2 Å². The smallest absolute Gasteiger partial charge is 0.240 e. The van der Waals surface area contributed by atoms with Crippen molar-refractivity contribution in [3.63, 3.8) is 0 Å². The first kappa shape index (κ1) is 15.7. The van der Waals surface area contributed by atoms with Crippen molar-refractivity contribution in [2.45, 2.75) is 12.8 Å². The first-order chi connectivity index (χ1) is 11.5. The van der Waals surface area contributed by atoms with Crippen LogP contribution in [-0.2, 0) is 9.59 Å². The van der Waals surface area contributed by atoms with Crippen LogP contribution in [0.3, 0.4) is 0 Å². The average molecular weight is 323 g/mol. The number of nitrogens with one attached hydrogen (secondary N) is 2. The zero-order valence-electron chi connectivity index (χ0n) is 12.7. The molecule has 24 heavy (non-hydrogen) atoms. The zero-order valence-corrected chi connectivity index (χ0v) is 12.7. The molecular formula is C18H14FN3O2. The van der Waals surface area contributed by atoms with Crippen molar-refractivity contribution in [2.75, 3.05) is 10.6 Å². The Morgan fingerprint density at radius 1 is 0.917 bits per heavy atom. The first-order valence-electron chi connectivity index (χ1n) is 7.42. The van der Waals surface area contributed by atoms with Gasteiger partial charge in [-0.25, -0.2) is 4.39 Å². The van der Waals surface area contributed by atoms with E-state index < -0.39 is 17.1 Å². The van der Waals surface area contributed by atoms with Crippen molar-refractivity contribution in [3.05, 3.63) is 59.9 Å².